The van der Waals surface area contributed by atoms with Gasteiger partial charge in [0.2, 0.25) is 0 Å². The molecule has 20 heavy (non-hydrogen) atoms. The second kappa shape index (κ2) is 4.86. The van der Waals surface area contributed by atoms with E-state index in [4.69, 9.17) is 0 Å². The monoisotopic (exact) mass is 277 g/mol. The van der Waals surface area contributed by atoms with Gasteiger partial charge in [0.1, 0.15) is 5.82 Å². The molecule has 1 atom stereocenters. The Kier molecular flexibility index (Phi) is 3.17. The van der Waals surface area contributed by atoms with Crippen molar-refractivity contribution in [1.82, 2.24) is 14.5 Å². The van der Waals surface area contributed by atoms with E-state index < -0.39 is 11.5 Å². The first kappa shape index (κ1) is 13.1. The summed E-state index contributed by atoms with van der Waals surface area (Å²) in [5.74, 6) is -0.456. The van der Waals surface area contributed by atoms with Gasteiger partial charge >= 0.3 is 5.69 Å². The summed E-state index contributed by atoms with van der Waals surface area (Å²) in [6.07, 6.45) is 2.01. The molecule has 1 aromatic carbocycles. The van der Waals surface area contributed by atoms with Gasteiger partial charge in [0, 0.05) is 19.6 Å². The molecule has 1 aliphatic rings. The molecule has 0 amide bonds. The zero-order valence-electron chi connectivity index (χ0n) is 11.2. The predicted molar refractivity (Wildman–Crippen MR) is 74.4 cm³/mol. The van der Waals surface area contributed by atoms with Crippen LogP contribution in [0.2, 0.25) is 0 Å². The smallest absolute Gasteiger partial charge is 0.312 e. The molecule has 0 bridgehead atoms. The van der Waals surface area contributed by atoms with Crippen molar-refractivity contribution in [2.75, 3.05) is 6.54 Å². The van der Waals surface area contributed by atoms with E-state index in [-0.39, 0.29) is 11.6 Å². The van der Waals surface area contributed by atoms with E-state index in [2.05, 4.69) is 5.32 Å². The van der Waals surface area contributed by atoms with E-state index in [1.807, 2.05) is 0 Å². The Balaban J connectivity index is 2.20. The Morgan fingerprint density at radius 2 is 2.20 bits per heavy atom. The molecule has 5 nitrogen and oxygen atoms in total. The summed E-state index contributed by atoms with van der Waals surface area (Å²) in [5.41, 5.74) is -0.422. The number of nitrogens with one attached hydrogen (secondary N) is 1. The molecule has 1 aliphatic heterocycles. The summed E-state index contributed by atoms with van der Waals surface area (Å²) in [6, 6.07) is 4.05. The predicted octanol–water partition coefficient (Wildman–Crippen LogP) is 0.591. The molecule has 1 unspecified atom stereocenters. The normalized spacial score (nSPS) is 18.8. The van der Waals surface area contributed by atoms with E-state index in [0.29, 0.717) is 17.4 Å². The lowest BCUT2D eigenvalue weighted by molar-refractivity contribution is 0.478. The fourth-order valence-electron chi connectivity index (χ4n) is 2.77. The number of nitrogens with zero attached hydrogens (tertiary/aromatic N) is 2. The summed E-state index contributed by atoms with van der Waals surface area (Å²) in [6.45, 7) is 1.28. The van der Waals surface area contributed by atoms with Crippen molar-refractivity contribution in [2.24, 2.45) is 7.05 Å². The zero-order chi connectivity index (χ0) is 14.3. The van der Waals surface area contributed by atoms with E-state index in [0.717, 1.165) is 19.4 Å². The Labute approximate surface area is 114 Å². The fraction of sp³-hybridized carbons (Fsp3) is 0.429. The Morgan fingerprint density at radius 1 is 1.40 bits per heavy atom. The van der Waals surface area contributed by atoms with Gasteiger partial charge < -0.3 is 5.32 Å². The molecule has 6 heteroatoms. The van der Waals surface area contributed by atoms with Crippen LogP contribution in [0.15, 0.2) is 27.8 Å². The molecular weight excluding hydrogens is 261 g/mol. The molecule has 2 aromatic rings. The maximum Gasteiger partial charge on any atom is 0.331 e. The molecule has 3 rings (SSSR count). The van der Waals surface area contributed by atoms with E-state index in [1.165, 1.54) is 27.3 Å². The summed E-state index contributed by atoms with van der Waals surface area (Å²) >= 11 is 0. The molecule has 0 aliphatic carbocycles. The van der Waals surface area contributed by atoms with Crippen LogP contribution in [-0.4, -0.2) is 21.7 Å². The van der Waals surface area contributed by atoms with Crippen molar-refractivity contribution in [3.05, 3.63) is 44.9 Å². The standard InChI is InChI=1S/C14H16FN3O2/c1-17-12-7-9(15)4-5-11(12)13(19)18(14(17)20)8-10-3-2-6-16-10/h4-5,7,10,16H,2-3,6,8H2,1H3. The number of benzene rings is 1. The molecule has 1 fully saturated rings. The second-order valence-electron chi connectivity index (χ2n) is 5.21. The minimum atomic E-state index is -0.456. The van der Waals surface area contributed by atoms with Crippen LogP contribution < -0.4 is 16.6 Å². The first-order valence-corrected chi connectivity index (χ1v) is 6.70. The highest BCUT2D eigenvalue weighted by atomic mass is 19.1. The lowest BCUT2D eigenvalue weighted by Gasteiger charge is -2.14. The van der Waals surface area contributed by atoms with Gasteiger partial charge in [0.05, 0.1) is 10.9 Å². The van der Waals surface area contributed by atoms with E-state index >= 15 is 0 Å². The molecule has 106 valence electrons. The maximum atomic E-state index is 13.3. The van der Waals surface area contributed by atoms with Crippen LogP contribution in [0.1, 0.15) is 12.8 Å². The lowest BCUT2D eigenvalue weighted by atomic mass is 10.2. The lowest BCUT2D eigenvalue weighted by Crippen LogP contribution is -2.43. The van der Waals surface area contributed by atoms with Crippen LogP contribution >= 0.6 is 0 Å². The van der Waals surface area contributed by atoms with Crippen LogP contribution in [0.4, 0.5) is 4.39 Å². The number of rotatable bonds is 2. The van der Waals surface area contributed by atoms with Crippen LogP contribution in [0.25, 0.3) is 10.9 Å². The van der Waals surface area contributed by atoms with Crippen LogP contribution in [0.3, 0.4) is 0 Å². The van der Waals surface area contributed by atoms with Crippen molar-refractivity contribution < 1.29 is 4.39 Å². The van der Waals surface area contributed by atoms with Gasteiger partial charge in [-0.05, 0) is 37.6 Å². The Hall–Kier alpha value is -1.95. The first-order valence-electron chi connectivity index (χ1n) is 6.70. The Bertz CT molecular complexity index is 772. The van der Waals surface area contributed by atoms with Gasteiger partial charge in [-0.1, -0.05) is 0 Å². The average Bonchev–Trinajstić information content (AvgIpc) is 2.94. The van der Waals surface area contributed by atoms with Gasteiger partial charge in [0.25, 0.3) is 5.56 Å². The summed E-state index contributed by atoms with van der Waals surface area (Å²) in [5, 5.41) is 3.64. The molecule has 1 saturated heterocycles. The van der Waals surface area contributed by atoms with Gasteiger partial charge in [-0.3, -0.25) is 13.9 Å². The van der Waals surface area contributed by atoms with Crippen molar-refractivity contribution in [3.8, 4) is 0 Å². The molecular formula is C14H16FN3O2. The number of halogens is 1. The number of aryl methyl sites for hydroxylation is 1. The van der Waals surface area contributed by atoms with Crippen LogP contribution in [0, 0.1) is 5.82 Å². The quantitative estimate of drug-likeness (QED) is 0.874. The largest absolute Gasteiger partial charge is 0.331 e. The third kappa shape index (κ3) is 2.06. The SMILES string of the molecule is Cn1c(=O)n(CC2CCCN2)c(=O)c2ccc(F)cc21. The number of hydrogen-bond acceptors (Lipinski definition) is 3. The summed E-state index contributed by atoms with van der Waals surface area (Å²) < 4.78 is 15.8. The van der Waals surface area contributed by atoms with Crippen LogP contribution in [0.5, 0.6) is 0 Å². The number of fused-ring (bicyclic) bond motifs is 1. The summed E-state index contributed by atoms with van der Waals surface area (Å²) in [7, 11) is 1.56. The van der Waals surface area contributed by atoms with Gasteiger partial charge in [0.15, 0.2) is 0 Å². The van der Waals surface area contributed by atoms with Gasteiger partial charge in [-0.15, -0.1) is 0 Å². The third-order valence-corrected chi connectivity index (χ3v) is 3.88. The highest BCUT2D eigenvalue weighted by molar-refractivity contribution is 5.77. The van der Waals surface area contributed by atoms with E-state index in [9.17, 15) is 14.0 Å². The zero-order valence-corrected chi connectivity index (χ0v) is 11.2. The van der Waals surface area contributed by atoms with Gasteiger partial charge in [-0.25, -0.2) is 9.18 Å². The molecule has 1 aromatic heterocycles. The maximum absolute atomic E-state index is 13.3. The van der Waals surface area contributed by atoms with Crippen molar-refractivity contribution in [2.45, 2.75) is 25.4 Å². The highest BCUT2D eigenvalue weighted by Crippen LogP contribution is 2.10. The van der Waals surface area contributed by atoms with E-state index in [1.54, 1.807) is 7.05 Å². The number of hydrogen-bond donors (Lipinski definition) is 1. The van der Waals surface area contributed by atoms with Crippen molar-refractivity contribution in [3.63, 3.8) is 0 Å². The van der Waals surface area contributed by atoms with Crippen LogP contribution in [-0.2, 0) is 13.6 Å². The van der Waals surface area contributed by atoms with Gasteiger partial charge in [-0.2, -0.15) is 0 Å². The van der Waals surface area contributed by atoms with Crippen molar-refractivity contribution >= 4 is 10.9 Å². The highest BCUT2D eigenvalue weighted by Gasteiger charge is 2.18. The fourth-order valence-corrected chi connectivity index (χ4v) is 2.77. The average molecular weight is 277 g/mol. The molecule has 2 heterocycles. The number of aromatic nitrogens is 2. The minimum Gasteiger partial charge on any atom is -0.312 e. The van der Waals surface area contributed by atoms with Crippen molar-refractivity contribution in [1.29, 1.82) is 0 Å². The molecule has 0 saturated carbocycles. The molecule has 1 N–H and O–H groups in total. The molecule has 0 spiro atoms. The second-order valence-corrected chi connectivity index (χ2v) is 5.21. The Morgan fingerprint density at radius 3 is 2.90 bits per heavy atom. The molecule has 0 radical (unpaired) electrons. The topological polar surface area (TPSA) is 56.0 Å². The first-order chi connectivity index (χ1) is 9.58. The summed E-state index contributed by atoms with van der Waals surface area (Å²) in [4.78, 5) is 24.7. The third-order valence-electron chi connectivity index (χ3n) is 3.88. The minimum absolute atomic E-state index is 0.151.